The highest BCUT2D eigenvalue weighted by Gasteiger charge is 2.15. The number of carbonyl (C=O) groups is 2. The molecule has 2 rings (SSSR count). The highest BCUT2D eigenvalue weighted by atomic mass is 19.1. The molecule has 1 unspecified atom stereocenters. The van der Waals surface area contributed by atoms with Crippen LogP contribution in [0.15, 0.2) is 48.5 Å². The molecule has 2 aromatic carbocycles. The van der Waals surface area contributed by atoms with Gasteiger partial charge < -0.3 is 5.32 Å². The van der Waals surface area contributed by atoms with Gasteiger partial charge in [-0.3, -0.25) is 9.59 Å². The van der Waals surface area contributed by atoms with E-state index in [1.54, 1.807) is 31.2 Å². The van der Waals surface area contributed by atoms with E-state index in [-0.39, 0.29) is 30.1 Å². The lowest BCUT2D eigenvalue weighted by atomic mass is 10.1. The molecule has 1 N–H and O–H groups in total. The van der Waals surface area contributed by atoms with Gasteiger partial charge in [-0.1, -0.05) is 36.4 Å². The van der Waals surface area contributed by atoms with E-state index >= 15 is 0 Å². The summed E-state index contributed by atoms with van der Waals surface area (Å²) in [7, 11) is 0. The van der Waals surface area contributed by atoms with E-state index in [0.29, 0.717) is 5.56 Å². The molecule has 0 saturated carbocycles. The molecule has 0 heterocycles. The van der Waals surface area contributed by atoms with Crippen LogP contribution in [0.5, 0.6) is 0 Å². The van der Waals surface area contributed by atoms with E-state index in [4.69, 9.17) is 0 Å². The van der Waals surface area contributed by atoms with Gasteiger partial charge >= 0.3 is 0 Å². The number of carbonyl (C=O) groups excluding carboxylic acids is 2. The van der Waals surface area contributed by atoms with Gasteiger partial charge in [0.05, 0.1) is 6.04 Å². The first kappa shape index (κ1) is 16.8. The van der Waals surface area contributed by atoms with Crippen LogP contribution in [0, 0.1) is 11.6 Å². The molecule has 120 valence electrons. The largest absolute Gasteiger partial charge is 0.349 e. The molecule has 0 saturated heterocycles. The molecule has 5 heteroatoms. The maximum atomic E-state index is 13.6. The molecular formula is C18H17F2NO2. The minimum absolute atomic E-state index is 0.0148. The molecule has 0 aromatic heterocycles. The lowest BCUT2D eigenvalue weighted by Crippen LogP contribution is -2.27. The summed E-state index contributed by atoms with van der Waals surface area (Å²) in [4.78, 5) is 23.8. The number of Topliss-reactive ketones (excluding diaryl/α,β-unsaturated/α-hetero) is 1. The number of hydrogen-bond acceptors (Lipinski definition) is 2. The van der Waals surface area contributed by atoms with Crippen molar-refractivity contribution in [2.45, 2.75) is 25.8 Å². The second-order valence-corrected chi connectivity index (χ2v) is 5.24. The Morgan fingerprint density at radius 1 is 1.04 bits per heavy atom. The summed E-state index contributed by atoms with van der Waals surface area (Å²) in [6, 6.07) is 11.3. The number of amides is 1. The van der Waals surface area contributed by atoms with Crippen LogP contribution in [0.2, 0.25) is 0 Å². The standard InChI is InChI=1S/C18H17F2NO2/c1-12(15-8-7-14(19)11-16(15)20)21-18(23)10-9-17(22)13-5-3-2-4-6-13/h2-8,11-12H,9-10H2,1H3,(H,21,23). The van der Waals surface area contributed by atoms with E-state index in [1.165, 1.54) is 6.07 Å². The van der Waals surface area contributed by atoms with Crippen LogP contribution in [0.3, 0.4) is 0 Å². The summed E-state index contributed by atoms with van der Waals surface area (Å²) in [5, 5.41) is 2.61. The lowest BCUT2D eigenvalue weighted by molar-refractivity contribution is -0.121. The third-order valence-corrected chi connectivity index (χ3v) is 3.48. The van der Waals surface area contributed by atoms with Crippen LogP contribution in [-0.2, 0) is 4.79 Å². The number of hydrogen-bond donors (Lipinski definition) is 1. The summed E-state index contributed by atoms with van der Waals surface area (Å²) < 4.78 is 26.5. The van der Waals surface area contributed by atoms with Gasteiger partial charge in [0.2, 0.25) is 5.91 Å². The number of ketones is 1. The predicted molar refractivity (Wildman–Crippen MR) is 82.9 cm³/mol. The van der Waals surface area contributed by atoms with Crippen molar-refractivity contribution in [1.82, 2.24) is 5.32 Å². The first-order chi connectivity index (χ1) is 11.0. The quantitative estimate of drug-likeness (QED) is 0.824. The van der Waals surface area contributed by atoms with E-state index < -0.39 is 17.7 Å². The molecule has 0 fully saturated rings. The van der Waals surface area contributed by atoms with Gasteiger partial charge in [-0.15, -0.1) is 0 Å². The molecule has 1 amide bonds. The van der Waals surface area contributed by atoms with Crippen molar-refractivity contribution < 1.29 is 18.4 Å². The van der Waals surface area contributed by atoms with Crippen molar-refractivity contribution in [1.29, 1.82) is 0 Å². The smallest absolute Gasteiger partial charge is 0.220 e. The average molecular weight is 317 g/mol. The Morgan fingerprint density at radius 3 is 2.39 bits per heavy atom. The Labute approximate surface area is 133 Å². The first-order valence-electron chi connectivity index (χ1n) is 7.30. The van der Waals surface area contributed by atoms with E-state index in [9.17, 15) is 18.4 Å². The maximum Gasteiger partial charge on any atom is 0.220 e. The Hall–Kier alpha value is -2.56. The predicted octanol–water partition coefficient (Wildman–Crippen LogP) is 3.81. The van der Waals surface area contributed by atoms with E-state index in [1.807, 2.05) is 6.07 Å². The molecule has 23 heavy (non-hydrogen) atoms. The van der Waals surface area contributed by atoms with Crippen LogP contribution >= 0.6 is 0 Å². The molecule has 0 aliphatic rings. The Balaban J connectivity index is 1.88. The van der Waals surface area contributed by atoms with Gasteiger partial charge in [-0.2, -0.15) is 0 Å². The maximum absolute atomic E-state index is 13.6. The molecule has 1 atom stereocenters. The van der Waals surface area contributed by atoms with Crippen molar-refractivity contribution in [2.75, 3.05) is 0 Å². The van der Waals surface area contributed by atoms with Gasteiger partial charge in [0.15, 0.2) is 5.78 Å². The fourth-order valence-electron chi connectivity index (χ4n) is 2.24. The molecule has 0 bridgehead atoms. The monoisotopic (exact) mass is 317 g/mol. The number of nitrogens with one attached hydrogen (secondary N) is 1. The molecule has 2 aromatic rings. The lowest BCUT2D eigenvalue weighted by Gasteiger charge is -2.15. The van der Waals surface area contributed by atoms with Gasteiger partial charge in [0.1, 0.15) is 11.6 Å². The topological polar surface area (TPSA) is 46.2 Å². The molecule has 0 spiro atoms. The fourth-order valence-corrected chi connectivity index (χ4v) is 2.24. The number of halogens is 2. The summed E-state index contributed by atoms with van der Waals surface area (Å²) in [6.45, 7) is 1.60. The zero-order valence-electron chi connectivity index (χ0n) is 12.7. The van der Waals surface area contributed by atoms with Crippen LogP contribution in [0.1, 0.15) is 41.7 Å². The number of benzene rings is 2. The fraction of sp³-hybridized carbons (Fsp3) is 0.222. The van der Waals surface area contributed by atoms with Crippen molar-refractivity contribution in [3.8, 4) is 0 Å². The first-order valence-corrected chi connectivity index (χ1v) is 7.30. The van der Waals surface area contributed by atoms with Crippen LogP contribution in [0.4, 0.5) is 8.78 Å². The second-order valence-electron chi connectivity index (χ2n) is 5.24. The molecule has 3 nitrogen and oxygen atoms in total. The van der Waals surface area contributed by atoms with E-state index in [2.05, 4.69) is 5.32 Å². The van der Waals surface area contributed by atoms with E-state index in [0.717, 1.165) is 12.1 Å². The highest BCUT2D eigenvalue weighted by molar-refractivity contribution is 5.97. The van der Waals surface area contributed by atoms with Gasteiger partial charge in [0, 0.05) is 30.0 Å². The zero-order chi connectivity index (χ0) is 16.8. The average Bonchev–Trinajstić information content (AvgIpc) is 2.53. The normalized spacial score (nSPS) is 11.8. The minimum Gasteiger partial charge on any atom is -0.349 e. The van der Waals surface area contributed by atoms with Crippen molar-refractivity contribution in [2.24, 2.45) is 0 Å². The third kappa shape index (κ3) is 4.71. The van der Waals surface area contributed by atoms with Crippen LogP contribution < -0.4 is 5.32 Å². The van der Waals surface area contributed by atoms with Crippen molar-refractivity contribution in [3.63, 3.8) is 0 Å². The van der Waals surface area contributed by atoms with Crippen LogP contribution in [0.25, 0.3) is 0 Å². The Bertz CT molecular complexity index is 701. The summed E-state index contributed by atoms with van der Waals surface area (Å²) >= 11 is 0. The summed E-state index contributed by atoms with van der Waals surface area (Å²) in [5.74, 6) is -1.86. The molecule has 0 aliphatic carbocycles. The minimum atomic E-state index is -0.710. The Kier molecular flexibility index (Phi) is 5.57. The van der Waals surface area contributed by atoms with Crippen molar-refractivity contribution in [3.05, 3.63) is 71.3 Å². The number of rotatable bonds is 6. The zero-order valence-corrected chi connectivity index (χ0v) is 12.7. The van der Waals surface area contributed by atoms with Gasteiger partial charge in [-0.05, 0) is 13.0 Å². The van der Waals surface area contributed by atoms with Gasteiger partial charge in [0.25, 0.3) is 0 Å². The highest BCUT2D eigenvalue weighted by Crippen LogP contribution is 2.18. The molecular weight excluding hydrogens is 300 g/mol. The third-order valence-electron chi connectivity index (χ3n) is 3.48. The van der Waals surface area contributed by atoms with Gasteiger partial charge in [-0.25, -0.2) is 8.78 Å². The molecule has 0 aliphatic heterocycles. The summed E-state index contributed by atoms with van der Waals surface area (Å²) in [6.07, 6.45) is 0.0926. The van der Waals surface area contributed by atoms with Crippen molar-refractivity contribution >= 4 is 11.7 Å². The summed E-state index contributed by atoms with van der Waals surface area (Å²) in [5.41, 5.74) is 0.757. The van der Waals surface area contributed by atoms with Crippen LogP contribution in [-0.4, -0.2) is 11.7 Å². The molecule has 0 radical (unpaired) electrons. The second kappa shape index (κ2) is 7.63. The SMILES string of the molecule is CC(NC(=O)CCC(=O)c1ccccc1)c1ccc(F)cc1F. The Morgan fingerprint density at radius 2 is 1.74 bits per heavy atom.